The van der Waals surface area contributed by atoms with Crippen molar-refractivity contribution in [1.29, 1.82) is 5.26 Å². The molecular weight excluding hydrogens is 176 g/mol. The van der Waals surface area contributed by atoms with Gasteiger partial charge in [-0.1, -0.05) is 19.1 Å². The highest BCUT2D eigenvalue weighted by Gasteiger charge is 2.02. The van der Waals surface area contributed by atoms with Crippen LogP contribution >= 0.6 is 0 Å². The summed E-state index contributed by atoms with van der Waals surface area (Å²) in [6.07, 6.45) is 0.915. The van der Waals surface area contributed by atoms with Gasteiger partial charge >= 0.3 is 0 Å². The lowest BCUT2D eigenvalue weighted by Crippen LogP contribution is -2.08. The lowest BCUT2D eigenvalue weighted by atomic mass is 10.1. The molecule has 3 heteroatoms. The van der Waals surface area contributed by atoms with Gasteiger partial charge in [0.05, 0.1) is 0 Å². The molecule has 0 fully saturated rings. The van der Waals surface area contributed by atoms with Gasteiger partial charge in [-0.15, -0.1) is 0 Å². The van der Waals surface area contributed by atoms with Gasteiger partial charge in [0.1, 0.15) is 11.8 Å². The van der Waals surface area contributed by atoms with Crippen molar-refractivity contribution in [2.75, 3.05) is 6.61 Å². The molecule has 1 atom stereocenters. The standard InChI is InChI=1S/C11H14N2O/c1-2-11(13)9-3-5-10(6-4-9)14-8-7-12/h3-6,11H,2,8,13H2,1H3/t11-/m0/s1. The monoisotopic (exact) mass is 190 g/mol. The molecule has 1 aromatic rings. The predicted octanol–water partition coefficient (Wildman–Crippen LogP) is 2.00. The van der Waals surface area contributed by atoms with E-state index in [1.807, 2.05) is 37.3 Å². The van der Waals surface area contributed by atoms with Gasteiger partial charge < -0.3 is 10.5 Å². The number of nitrogens with two attached hydrogens (primary N) is 1. The van der Waals surface area contributed by atoms with Crippen LogP contribution in [0.2, 0.25) is 0 Å². The van der Waals surface area contributed by atoms with Crippen LogP contribution in [-0.2, 0) is 0 Å². The third-order valence-corrected chi connectivity index (χ3v) is 2.05. The number of nitriles is 1. The lowest BCUT2D eigenvalue weighted by molar-refractivity contribution is 0.368. The van der Waals surface area contributed by atoms with E-state index in [-0.39, 0.29) is 12.6 Å². The first kappa shape index (κ1) is 10.6. The molecule has 0 aromatic heterocycles. The number of ether oxygens (including phenoxy) is 1. The summed E-state index contributed by atoms with van der Waals surface area (Å²) in [5.41, 5.74) is 6.95. The number of rotatable bonds is 4. The summed E-state index contributed by atoms with van der Waals surface area (Å²) < 4.78 is 5.12. The zero-order valence-electron chi connectivity index (χ0n) is 8.23. The van der Waals surface area contributed by atoms with Crippen molar-refractivity contribution >= 4 is 0 Å². The smallest absolute Gasteiger partial charge is 0.174 e. The minimum Gasteiger partial charge on any atom is -0.479 e. The Bertz CT molecular complexity index is 313. The number of benzene rings is 1. The van der Waals surface area contributed by atoms with Crippen molar-refractivity contribution in [2.24, 2.45) is 5.73 Å². The van der Waals surface area contributed by atoms with E-state index in [4.69, 9.17) is 15.7 Å². The average molecular weight is 190 g/mol. The Hall–Kier alpha value is -1.53. The largest absolute Gasteiger partial charge is 0.479 e. The Morgan fingerprint density at radius 2 is 2.07 bits per heavy atom. The van der Waals surface area contributed by atoms with Crippen molar-refractivity contribution in [3.05, 3.63) is 29.8 Å². The molecule has 2 N–H and O–H groups in total. The molecule has 0 aliphatic carbocycles. The van der Waals surface area contributed by atoms with Gasteiger partial charge in [-0.25, -0.2) is 0 Å². The summed E-state index contributed by atoms with van der Waals surface area (Å²) in [5.74, 6) is 0.707. The summed E-state index contributed by atoms with van der Waals surface area (Å²) in [6.45, 7) is 2.13. The zero-order chi connectivity index (χ0) is 10.4. The van der Waals surface area contributed by atoms with Crippen LogP contribution in [0.15, 0.2) is 24.3 Å². The molecule has 0 radical (unpaired) electrons. The zero-order valence-corrected chi connectivity index (χ0v) is 8.23. The second kappa shape index (κ2) is 5.25. The first-order chi connectivity index (χ1) is 6.77. The number of nitrogens with zero attached hydrogens (tertiary/aromatic N) is 1. The fourth-order valence-electron chi connectivity index (χ4n) is 1.16. The van der Waals surface area contributed by atoms with E-state index in [1.165, 1.54) is 0 Å². The van der Waals surface area contributed by atoms with Gasteiger partial charge in [-0.05, 0) is 24.1 Å². The maximum absolute atomic E-state index is 8.31. The number of hydrogen-bond acceptors (Lipinski definition) is 3. The van der Waals surface area contributed by atoms with Gasteiger partial charge in [0.15, 0.2) is 6.61 Å². The molecule has 0 heterocycles. The Balaban J connectivity index is 2.64. The van der Waals surface area contributed by atoms with E-state index in [0.717, 1.165) is 12.0 Å². The first-order valence-corrected chi connectivity index (χ1v) is 4.63. The summed E-state index contributed by atoms with van der Waals surface area (Å²) in [5, 5.41) is 8.31. The Morgan fingerprint density at radius 3 is 2.57 bits per heavy atom. The number of hydrogen-bond donors (Lipinski definition) is 1. The van der Waals surface area contributed by atoms with Crippen molar-refractivity contribution < 1.29 is 4.74 Å². The van der Waals surface area contributed by atoms with Crippen LogP contribution < -0.4 is 10.5 Å². The van der Waals surface area contributed by atoms with Gasteiger partial charge in [0, 0.05) is 6.04 Å². The second-order valence-corrected chi connectivity index (χ2v) is 3.03. The molecule has 0 aliphatic heterocycles. The predicted molar refractivity (Wildman–Crippen MR) is 54.8 cm³/mol. The van der Waals surface area contributed by atoms with Crippen LogP contribution in [0, 0.1) is 11.3 Å². The third-order valence-electron chi connectivity index (χ3n) is 2.05. The van der Waals surface area contributed by atoms with E-state index in [9.17, 15) is 0 Å². The summed E-state index contributed by atoms with van der Waals surface area (Å²) in [6, 6.07) is 9.54. The molecule has 3 nitrogen and oxygen atoms in total. The van der Waals surface area contributed by atoms with Crippen LogP contribution in [0.1, 0.15) is 24.9 Å². The van der Waals surface area contributed by atoms with E-state index in [2.05, 4.69) is 0 Å². The molecule has 1 rings (SSSR count). The molecule has 0 bridgehead atoms. The Morgan fingerprint density at radius 1 is 1.43 bits per heavy atom. The minimum absolute atomic E-state index is 0.0825. The van der Waals surface area contributed by atoms with Gasteiger partial charge in [0.2, 0.25) is 0 Å². The molecule has 0 spiro atoms. The van der Waals surface area contributed by atoms with Crippen molar-refractivity contribution in [1.82, 2.24) is 0 Å². The normalized spacial score (nSPS) is 11.8. The summed E-state index contributed by atoms with van der Waals surface area (Å²) in [7, 11) is 0. The third kappa shape index (κ3) is 2.75. The molecule has 14 heavy (non-hydrogen) atoms. The topological polar surface area (TPSA) is 59.0 Å². The van der Waals surface area contributed by atoms with E-state index in [0.29, 0.717) is 5.75 Å². The van der Waals surface area contributed by atoms with Gasteiger partial charge in [0.25, 0.3) is 0 Å². The van der Waals surface area contributed by atoms with Gasteiger partial charge in [-0.2, -0.15) is 5.26 Å². The molecule has 0 unspecified atom stereocenters. The molecule has 0 amide bonds. The summed E-state index contributed by atoms with van der Waals surface area (Å²) in [4.78, 5) is 0. The van der Waals surface area contributed by atoms with Crippen molar-refractivity contribution in [2.45, 2.75) is 19.4 Å². The van der Waals surface area contributed by atoms with Crippen LogP contribution in [-0.4, -0.2) is 6.61 Å². The first-order valence-electron chi connectivity index (χ1n) is 4.63. The second-order valence-electron chi connectivity index (χ2n) is 3.03. The molecule has 1 aromatic carbocycles. The van der Waals surface area contributed by atoms with E-state index in [1.54, 1.807) is 0 Å². The maximum atomic E-state index is 8.31. The van der Waals surface area contributed by atoms with Gasteiger partial charge in [-0.3, -0.25) is 0 Å². The Labute approximate surface area is 84.1 Å². The van der Waals surface area contributed by atoms with Crippen LogP contribution in [0.5, 0.6) is 5.75 Å². The maximum Gasteiger partial charge on any atom is 0.174 e. The fourth-order valence-corrected chi connectivity index (χ4v) is 1.16. The van der Waals surface area contributed by atoms with Crippen molar-refractivity contribution in [3.63, 3.8) is 0 Å². The van der Waals surface area contributed by atoms with E-state index < -0.39 is 0 Å². The molecule has 0 saturated heterocycles. The van der Waals surface area contributed by atoms with Crippen LogP contribution in [0.4, 0.5) is 0 Å². The van der Waals surface area contributed by atoms with Crippen molar-refractivity contribution in [3.8, 4) is 11.8 Å². The highest BCUT2D eigenvalue weighted by Crippen LogP contribution is 2.17. The summed E-state index contributed by atoms with van der Waals surface area (Å²) >= 11 is 0. The average Bonchev–Trinajstić information content (AvgIpc) is 2.26. The highest BCUT2D eigenvalue weighted by atomic mass is 16.5. The highest BCUT2D eigenvalue weighted by molar-refractivity contribution is 5.29. The fraction of sp³-hybridized carbons (Fsp3) is 0.364. The lowest BCUT2D eigenvalue weighted by Gasteiger charge is -2.09. The molecule has 0 aliphatic rings. The molecular formula is C11H14N2O. The van der Waals surface area contributed by atoms with Crippen LogP contribution in [0.3, 0.4) is 0 Å². The van der Waals surface area contributed by atoms with E-state index >= 15 is 0 Å². The quantitative estimate of drug-likeness (QED) is 0.789. The molecule has 0 saturated carbocycles. The van der Waals surface area contributed by atoms with Crippen LogP contribution in [0.25, 0.3) is 0 Å². The SMILES string of the molecule is CC[C@H](N)c1ccc(OCC#N)cc1. The molecule has 74 valence electrons. The minimum atomic E-state index is 0.0825. The Kier molecular flexibility index (Phi) is 3.96.